The van der Waals surface area contributed by atoms with Crippen molar-refractivity contribution in [3.05, 3.63) is 102 Å². The number of hydrogen-bond donors (Lipinski definition) is 2. The summed E-state index contributed by atoms with van der Waals surface area (Å²) in [4.78, 5) is 8.28. The number of anilines is 1. The van der Waals surface area contributed by atoms with Gasteiger partial charge in [0.15, 0.2) is 0 Å². The molecule has 0 bridgehead atoms. The number of pyridine rings is 1. The van der Waals surface area contributed by atoms with Gasteiger partial charge in [0, 0.05) is 43.5 Å². The number of rotatable bonds is 24. The van der Waals surface area contributed by atoms with Crippen LogP contribution in [0, 0.1) is 18.3 Å². The van der Waals surface area contributed by atoms with Crippen molar-refractivity contribution in [1.29, 1.82) is 5.26 Å². The maximum Gasteiger partial charge on any atom is 0.263 e. The number of nitrogens with one attached hydrogen (secondary N) is 2. The Bertz CT molecular complexity index is 2090. The van der Waals surface area contributed by atoms with E-state index in [1.165, 1.54) is 24.5 Å². The van der Waals surface area contributed by atoms with E-state index in [0.29, 0.717) is 78.3 Å². The van der Waals surface area contributed by atoms with Crippen LogP contribution in [0.4, 0.5) is 5.13 Å². The van der Waals surface area contributed by atoms with Crippen LogP contribution >= 0.6 is 11.5 Å². The van der Waals surface area contributed by atoms with Crippen molar-refractivity contribution in [3.8, 4) is 39.8 Å². The minimum atomic E-state index is -4.01. The van der Waals surface area contributed by atoms with Crippen molar-refractivity contribution in [2.75, 3.05) is 77.8 Å². The van der Waals surface area contributed by atoms with Gasteiger partial charge in [0.2, 0.25) is 5.13 Å². The number of aryl methyl sites for hydroxylation is 1. The van der Waals surface area contributed by atoms with Crippen molar-refractivity contribution >= 4 is 26.7 Å². The van der Waals surface area contributed by atoms with Crippen molar-refractivity contribution < 1.29 is 36.8 Å². The smallest absolute Gasteiger partial charge is 0.263 e. The van der Waals surface area contributed by atoms with Crippen molar-refractivity contribution in [3.63, 3.8) is 0 Å². The molecule has 14 nitrogen and oxygen atoms in total. The number of benzene rings is 3. The molecule has 0 radical (unpaired) electrons. The first-order valence-electron chi connectivity index (χ1n) is 17.5. The molecule has 2 N–H and O–H groups in total. The summed E-state index contributed by atoms with van der Waals surface area (Å²) in [5, 5.41) is 13.4. The SMILES string of the molecule is COCCOCCOCCOCCNCCOCc1cc(-c2cc(-c3cccc(C)c3)ccc2Oc2ccc(S(=O)(=O)Nc3ncns3)cc2C#N)ccn1. The molecule has 0 saturated heterocycles. The van der Waals surface area contributed by atoms with Gasteiger partial charge in [-0.05, 0) is 66.1 Å². The summed E-state index contributed by atoms with van der Waals surface area (Å²) < 4.78 is 65.8. The highest BCUT2D eigenvalue weighted by Gasteiger charge is 2.20. The predicted octanol–water partition coefficient (Wildman–Crippen LogP) is 5.84. The molecule has 5 aromatic rings. The number of sulfonamides is 1. The first kappa shape index (κ1) is 41.3. The molecule has 5 rings (SSSR count). The van der Waals surface area contributed by atoms with Gasteiger partial charge in [-0.1, -0.05) is 35.9 Å². The molecule has 2 aromatic heterocycles. The Balaban J connectivity index is 1.20. The molecule has 0 aliphatic rings. The number of nitriles is 1. The van der Waals surface area contributed by atoms with E-state index in [2.05, 4.69) is 36.5 Å². The minimum absolute atomic E-state index is 0.0439. The molecule has 0 unspecified atom stereocenters. The first-order chi connectivity index (χ1) is 26.9. The molecular weight excluding hydrogens is 745 g/mol. The van der Waals surface area contributed by atoms with Crippen LogP contribution in [0.25, 0.3) is 22.3 Å². The summed E-state index contributed by atoms with van der Waals surface area (Å²) in [6.45, 7) is 7.92. The lowest BCUT2D eigenvalue weighted by Gasteiger charge is -2.16. The lowest BCUT2D eigenvalue weighted by molar-refractivity contribution is 0.00396. The highest BCUT2D eigenvalue weighted by molar-refractivity contribution is 7.93. The largest absolute Gasteiger partial charge is 0.455 e. The van der Waals surface area contributed by atoms with Gasteiger partial charge in [0.05, 0.1) is 75.6 Å². The van der Waals surface area contributed by atoms with Gasteiger partial charge >= 0.3 is 0 Å². The Morgan fingerprint density at radius 3 is 2.22 bits per heavy atom. The molecule has 2 heterocycles. The second-order valence-corrected chi connectivity index (χ2v) is 14.4. The zero-order chi connectivity index (χ0) is 38.7. The predicted molar refractivity (Wildman–Crippen MR) is 209 cm³/mol. The first-order valence-corrected chi connectivity index (χ1v) is 19.8. The summed E-state index contributed by atoms with van der Waals surface area (Å²) in [6, 6.07) is 24.0. The van der Waals surface area contributed by atoms with Crippen LogP contribution in [0.1, 0.15) is 16.8 Å². The van der Waals surface area contributed by atoms with E-state index in [0.717, 1.165) is 45.0 Å². The maximum absolute atomic E-state index is 13.0. The molecule has 3 aromatic carbocycles. The van der Waals surface area contributed by atoms with E-state index < -0.39 is 10.0 Å². The third kappa shape index (κ3) is 13.2. The van der Waals surface area contributed by atoms with Crippen LogP contribution in [0.2, 0.25) is 0 Å². The van der Waals surface area contributed by atoms with Crippen LogP contribution in [0.3, 0.4) is 0 Å². The molecule has 0 amide bonds. The molecule has 0 atom stereocenters. The third-order valence-corrected chi connectivity index (χ3v) is 9.96. The van der Waals surface area contributed by atoms with Gasteiger partial charge in [-0.25, -0.2) is 13.4 Å². The van der Waals surface area contributed by atoms with E-state index in [4.69, 9.17) is 28.4 Å². The van der Waals surface area contributed by atoms with Gasteiger partial charge in [0.25, 0.3) is 10.0 Å². The topological polar surface area (TPSA) is 176 Å². The lowest BCUT2D eigenvalue weighted by atomic mass is 9.97. The van der Waals surface area contributed by atoms with Crippen LogP contribution in [0.5, 0.6) is 11.5 Å². The highest BCUT2D eigenvalue weighted by Crippen LogP contribution is 2.38. The van der Waals surface area contributed by atoms with Crippen LogP contribution in [-0.2, 0) is 40.3 Å². The van der Waals surface area contributed by atoms with Gasteiger partial charge < -0.3 is 33.7 Å². The highest BCUT2D eigenvalue weighted by atomic mass is 32.2. The number of nitrogens with zero attached hydrogens (tertiary/aromatic N) is 4. The van der Waals surface area contributed by atoms with Gasteiger partial charge in [-0.3, -0.25) is 9.71 Å². The molecule has 0 spiro atoms. The van der Waals surface area contributed by atoms with E-state index in [9.17, 15) is 13.7 Å². The number of hydrogen-bond acceptors (Lipinski definition) is 14. The lowest BCUT2D eigenvalue weighted by Crippen LogP contribution is -2.24. The van der Waals surface area contributed by atoms with Crippen LogP contribution in [0.15, 0.2) is 90.2 Å². The standard InChI is InChI=1S/C39H44N6O8S2/c1-29-4-3-5-30(22-29)31-6-8-38(53-37-9-7-35(24-33(37)26-40)55(46,47)45-39-43-28-44-54-39)36(25-31)32-10-11-42-34(23-32)27-52-15-13-41-12-14-49-18-19-51-21-20-50-17-16-48-2/h3-11,22-25,28,41H,12-21,27H2,1-2H3,(H,43,44,45). The number of aromatic nitrogens is 3. The Labute approximate surface area is 325 Å². The Morgan fingerprint density at radius 1 is 0.764 bits per heavy atom. The molecule has 0 fully saturated rings. The van der Waals surface area contributed by atoms with Gasteiger partial charge in [-0.2, -0.15) is 9.64 Å². The average molecular weight is 789 g/mol. The summed E-state index contributed by atoms with van der Waals surface area (Å²) in [5.41, 5.74) is 5.48. The Morgan fingerprint density at radius 2 is 1.49 bits per heavy atom. The average Bonchev–Trinajstić information content (AvgIpc) is 3.70. The van der Waals surface area contributed by atoms with Crippen molar-refractivity contribution in [2.24, 2.45) is 0 Å². The second-order valence-electron chi connectivity index (χ2n) is 12.0. The minimum Gasteiger partial charge on any atom is -0.455 e. The summed E-state index contributed by atoms with van der Waals surface area (Å²) in [6.07, 6.45) is 2.97. The molecule has 290 valence electrons. The molecule has 0 aliphatic heterocycles. The van der Waals surface area contributed by atoms with E-state index >= 15 is 0 Å². The zero-order valence-corrected chi connectivity index (χ0v) is 32.4. The Kier molecular flexibility index (Phi) is 16.5. The van der Waals surface area contributed by atoms with E-state index in [1.807, 2.05) is 55.5 Å². The fraction of sp³-hybridized carbons (Fsp3) is 0.333. The quantitative estimate of drug-likeness (QED) is 0.0714. The Hall–Kier alpha value is -4.83. The summed E-state index contributed by atoms with van der Waals surface area (Å²) in [7, 11) is -2.37. The van der Waals surface area contributed by atoms with Crippen molar-refractivity contribution in [1.82, 2.24) is 19.7 Å². The normalized spacial score (nSPS) is 11.4. The van der Waals surface area contributed by atoms with Gasteiger partial charge in [0.1, 0.15) is 23.9 Å². The van der Waals surface area contributed by atoms with Crippen molar-refractivity contribution in [2.45, 2.75) is 18.4 Å². The van der Waals surface area contributed by atoms with Crippen LogP contribution < -0.4 is 14.8 Å². The second kappa shape index (κ2) is 21.9. The van der Waals surface area contributed by atoms with E-state index in [-0.39, 0.29) is 21.3 Å². The molecule has 0 aliphatic carbocycles. The molecular formula is C39H44N6O8S2. The maximum atomic E-state index is 13.0. The third-order valence-electron chi connectivity index (χ3n) is 7.92. The monoisotopic (exact) mass is 788 g/mol. The fourth-order valence-electron chi connectivity index (χ4n) is 5.21. The molecule has 0 saturated carbocycles. The van der Waals surface area contributed by atoms with Gasteiger partial charge in [-0.15, -0.1) is 0 Å². The van der Waals surface area contributed by atoms with E-state index in [1.54, 1.807) is 13.3 Å². The number of ether oxygens (including phenoxy) is 6. The van der Waals surface area contributed by atoms with Crippen LogP contribution in [-0.4, -0.2) is 95.8 Å². The summed E-state index contributed by atoms with van der Waals surface area (Å²) in [5.74, 6) is 0.670. The molecule has 55 heavy (non-hydrogen) atoms. The fourth-order valence-corrected chi connectivity index (χ4v) is 6.90. The number of methoxy groups -OCH3 is 1. The molecule has 16 heteroatoms. The summed E-state index contributed by atoms with van der Waals surface area (Å²) >= 11 is 0.905. The zero-order valence-electron chi connectivity index (χ0n) is 30.7.